The van der Waals surface area contributed by atoms with E-state index in [0.717, 1.165) is 0 Å². The minimum atomic E-state index is -1.23. The average Bonchev–Trinajstić information content (AvgIpc) is 2.47. The summed E-state index contributed by atoms with van der Waals surface area (Å²) < 4.78 is 16.0. The SMILES string of the molecule is O=C(O)c1c(Oc2ccccc2)ccc2c1OB(O)CO2. The standard InChI is InChI=1S/C14H11BO6/c16-14(17)12-10(20-9-4-2-1-3-5-9)6-7-11-13(12)21-15(18)8-19-11/h1-7,18H,8H2,(H,16,17). The Bertz CT molecular complexity index is 673. The van der Waals surface area contributed by atoms with Crippen LogP contribution in [0.2, 0.25) is 0 Å². The first-order chi connectivity index (χ1) is 10.1. The average molecular weight is 286 g/mol. The summed E-state index contributed by atoms with van der Waals surface area (Å²) >= 11 is 0. The van der Waals surface area contributed by atoms with Crippen LogP contribution >= 0.6 is 0 Å². The summed E-state index contributed by atoms with van der Waals surface area (Å²) in [6.07, 6.45) is 0. The van der Waals surface area contributed by atoms with Gasteiger partial charge in [0.15, 0.2) is 11.5 Å². The first-order valence-electron chi connectivity index (χ1n) is 6.26. The molecule has 0 amide bonds. The molecule has 0 spiro atoms. The van der Waals surface area contributed by atoms with Crippen molar-refractivity contribution in [2.45, 2.75) is 0 Å². The number of fused-ring (bicyclic) bond motifs is 1. The number of hydrogen-bond acceptors (Lipinski definition) is 5. The second kappa shape index (κ2) is 5.38. The second-order valence-electron chi connectivity index (χ2n) is 4.37. The highest BCUT2D eigenvalue weighted by Gasteiger charge is 2.31. The third kappa shape index (κ3) is 2.63. The molecule has 21 heavy (non-hydrogen) atoms. The fourth-order valence-electron chi connectivity index (χ4n) is 2.01. The van der Waals surface area contributed by atoms with Crippen LogP contribution in [0.4, 0.5) is 0 Å². The Balaban J connectivity index is 2.05. The van der Waals surface area contributed by atoms with Crippen molar-refractivity contribution in [1.29, 1.82) is 0 Å². The van der Waals surface area contributed by atoms with E-state index < -0.39 is 13.1 Å². The lowest BCUT2D eigenvalue weighted by Crippen LogP contribution is -2.34. The van der Waals surface area contributed by atoms with Gasteiger partial charge in [0.05, 0.1) is 0 Å². The molecule has 0 saturated heterocycles. The number of rotatable bonds is 3. The molecule has 2 N–H and O–H groups in total. The van der Waals surface area contributed by atoms with E-state index in [2.05, 4.69) is 0 Å². The van der Waals surface area contributed by atoms with Crippen LogP contribution < -0.4 is 14.1 Å². The summed E-state index contributed by atoms with van der Waals surface area (Å²) in [5.41, 5.74) is -0.185. The van der Waals surface area contributed by atoms with Gasteiger partial charge in [0.25, 0.3) is 0 Å². The quantitative estimate of drug-likeness (QED) is 0.839. The van der Waals surface area contributed by atoms with Gasteiger partial charge < -0.3 is 24.3 Å². The summed E-state index contributed by atoms with van der Waals surface area (Å²) in [5, 5.41) is 18.9. The van der Waals surface area contributed by atoms with Crippen molar-refractivity contribution in [2.24, 2.45) is 0 Å². The van der Waals surface area contributed by atoms with Gasteiger partial charge in [0.2, 0.25) is 0 Å². The van der Waals surface area contributed by atoms with E-state index in [1.54, 1.807) is 30.3 Å². The Hall–Kier alpha value is -2.67. The number of hydrogen-bond donors (Lipinski definition) is 2. The van der Waals surface area contributed by atoms with Gasteiger partial charge in [-0.2, -0.15) is 0 Å². The molecule has 106 valence electrons. The number of carboxylic acid groups (broad SMARTS) is 1. The zero-order chi connectivity index (χ0) is 14.8. The monoisotopic (exact) mass is 286 g/mol. The van der Waals surface area contributed by atoms with Crippen molar-refractivity contribution in [3.8, 4) is 23.0 Å². The number of ether oxygens (including phenoxy) is 2. The number of benzene rings is 2. The van der Waals surface area contributed by atoms with E-state index in [1.807, 2.05) is 6.07 Å². The van der Waals surface area contributed by atoms with Crippen LogP contribution in [0, 0.1) is 0 Å². The van der Waals surface area contributed by atoms with E-state index in [4.69, 9.17) is 14.1 Å². The minimum Gasteiger partial charge on any atom is -0.531 e. The summed E-state index contributed by atoms with van der Waals surface area (Å²) in [7, 11) is -1.21. The third-order valence-electron chi connectivity index (χ3n) is 2.90. The molecule has 6 nitrogen and oxygen atoms in total. The van der Waals surface area contributed by atoms with Crippen molar-refractivity contribution in [1.82, 2.24) is 0 Å². The van der Waals surface area contributed by atoms with Gasteiger partial charge in [0.1, 0.15) is 23.6 Å². The normalized spacial score (nSPS) is 12.9. The molecule has 7 heteroatoms. The van der Waals surface area contributed by atoms with Crippen LogP contribution in [0.25, 0.3) is 0 Å². The van der Waals surface area contributed by atoms with Crippen molar-refractivity contribution in [3.05, 3.63) is 48.0 Å². The van der Waals surface area contributed by atoms with Crippen molar-refractivity contribution < 1.29 is 29.1 Å². The van der Waals surface area contributed by atoms with Crippen LogP contribution in [0.1, 0.15) is 10.4 Å². The summed E-state index contributed by atoms with van der Waals surface area (Å²) in [6, 6.07) is 11.8. The predicted octanol–water partition coefficient (Wildman–Crippen LogP) is 1.97. The molecule has 0 saturated carbocycles. The third-order valence-corrected chi connectivity index (χ3v) is 2.90. The molecule has 0 bridgehead atoms. The number of aromatic carboxylic acids is 1. The maximum atomic E-state index is 11.5. The van der Waals surface area contributed by atoms with Gasteiger partial charge in [-0.3, -0.25) is 0 Å². The first-order valence-corrected chi connectivity index (χ1v) is 6.26. The summed E-state index contributed by atoms with van der Waals surface area (Å²) in [6.45, 7) is -0.0506. The minimum absolute atomic E-state index is 0.0327. The van der Waals surface area contributed by atoms with Gasteiger partial charge in [0, 0.05) is 0 Å². The van der Waals surface area contributed by atoms with E-state index in [0.29, 0.717) is 5.75 Å². The highest BCUT2D eigenvalue weighted by molar-refractivity contribution is 6.44. The van der Waals surface area contributed by atoms with Gasteiger partial charge >= 0.3 is 13.1 Å². The van der Waals surface area contributed by atoms with E-state index in [1.165, 1.54) is 6.07 Å². The Morgan fingerprint density at radius 3 is 2.67 bits per heavy atom. The Kier molecular flexibility index (Phi) is 3.41. The topological polar surface area (TPSA) is 85.2 Å². The maximum Gasteiger partial charge on any atom is 0.563 e. The predicted molar refractivity (Wildman–Crippen MR) is 74.0 cm³/mol. The molecule has 1 aliphatic heterocycles. The molecule has 0 unspecified atom stereocenters. The van der Waals surface area contributed by atoms with Crippen LogP contribution in [0.3, 0.4) is 0 Å². The highest BCUT2D eigenvalue weighted by Crippen LogP contribution is 2.41. The second-order valence-corrected chi connectivity index (χ2v) is 4.37. The molecule has 0 radical (unpaired) electrons. The lowest BCUT2D eigenvalue weighted by molar-refractivity contribution is 0.0690. The molecule has 2 aromatic rings. The van der Waals surface area contributed by atoms with Crippen LogP contribution in [-0.2, 0) is 0 Å². The Labute approximate surface area is 120 Å². The van der Waals surface area contributed by atoms with Gasteiger partial charge in [-0.25, -0.2) is 4.79 Å². The van der Waals surface area contributed by atoms with Crippen LogP contribution in [0.15, 0.2) is 42.5 Å². The highest BCUT2D eigenvalue weighted by atomic mass is 16.6. The smallest absolute Gasteiger partial charge is 0.531 e. The fourth-order valence-corrected chi connectivity index (χ4v) is 2.01. The number of para-hydroxylation sites is 1. The molecule has 1 heterocycles. The van der Waals surface area contributed by atoms with Gasteiger partial charge in [-0.15, -0.1) is 0 Å². The summed E-state index contributed by atoms with van der Waals surface area (Å²) in [5.74, 6) is -0.384. The maximum absolute atomic E-state index is 11.5. The van der Waals surface area contributed by atoms with Crippen LogP contribution in [0.5, 0.6) is 23.0 Å². The largest absolute Gasteiger partial charge is 0.563 e. The van der Waals surface area contributed by atoms with E-state index >= 15 is 0 Å². The molecule has 3 rings (SSSR count). The molecule has 0 fully saturated rings. The lowest BCUT2D eigenvalue weighted by Gasteiger charge is -2.23. The Morgan fingerprint density at radius 2 is 1.95 bits per heavy atom. The first kappa shape index (κ1) is 13.3. The zero-order valence-corrected chi connectivity index (χ0v) is 10.9. The van der Waals surface area contributed by atoms with Crippen molar-refractivity contribution in [2.75, 3.05) is 6.51 Å². The fraction of sp³-hybridized carbons (Fsp3) is 0.0714. The molecular weight excluding hydrogens is 275 g/mol. The van der Waals surface area contributed by atoms with Gasteiger partial charge in [-0.05, 0) is 24.3 Å². The molecule has 0 aromatic heterocycles. The molecule has 1 aliphatic rings. The van der Waals surface area contributed by atoms with Crippen molar-refractivity contribution in [3.63, 3.8) is 0 Å². The lowest BCUT2D eigenvalue weighted by atomic mass is 9.91. The van der Waals surface area contributed by atoms with E-state index in [9.17, 15) is 14.9 Å². The zero-order valence-electron chi connectivity index (χ0n) is 10.9. The molecule has 0 aliphatic carbocycles. The van der Waals surface area contributed by atoms with E-state index in [-0.39, 0.29) is 29.3 Å². The van der Waals surface area contributed by atoms with Crippen LogP contribution in [-0.4, -0.2) is 29.7 Å². The number of carboxylic acids is 1. The molecular formula is C14H11BO6. The van der Waals surface area contributed by atoms with Crippen molar-refractivity contribution >= 4 is 13.1 Å². The van der Waals surface area contributed by atoms with Gasteiger partial charge in [-0.1, -0.05) is 18.2 Å². The summed E-state index contributed by atoms with van der Waals surface area (Å²) in [4.78, 5) is 11.5. The molecule has 2 aromatic carbocycles. The molecule has 0 atom stereocenters. The number of carbonyl (C=O) groups is 1. The Morgan fingerprint density at radius 1 is 1.19 bits per heavy atom.